The van der Waals surface area contributed by atoms with Gasteiger partial charge in [-0.2, -0.15) is 11.8 Å². The molecular formula is C12H21NOS2. The first kappa shape index (κ1) is 14.0. The van der Waals surface area contributed by atoms with Crippen molar-refractivity contribution in [2.75, 3.05) is 18.6 Å². The van der Waals surface area contributed by atoms with Crippen LogP contribution in [0.4, 0.5) is 0 Å². The number of thiophene rings is 1. The van der Waals surface area contributed by atoms with Gasteiger partial charge in [-0.15, -0.1) is 11.3 Å². The summed E-state index contributed by atoms with van der Waals surface area (Å²) >= 11 is 3.63. The fourth-order valence-electron chi connectivity index (χ4n) is 1.75. The molecular weight excluding hydrogens is 238 g/mol. The molecule has 0 bridgehead atoms. The van der Waals surface area contributed by atoms with Gasteiger partial charge in [-0.05, 0) is 30.5 Å². The number of rotatable bonds is 8. The first-order valence-corrected chi connectivity index (χ1v) is 7.98. The first-order chi connectivity index (χ1) is 7.81. The van der Waals surface area contributed by atoms with Crippen LogP contribution in [0.15, 0.2) is 17.5 Å². The Balaban J connectivity index is 2.53. The Kier molecular flexibility index (Phi) is 7.12. The molecule has 0 aliphatic heterocycles. The van der Waals surface area contributed by atoms with Gasteiger partial charge in [0.15, 0.2) is 0 Å². The minimum Gasteiger partial charge on any atom is -0.396 e. The van der Waals surface area contributed by atoms with Crippen LogP contribution in [0.3, 0.4) is 0 Å². The molecule has 2 N–H and O–H groups in total. The van der Waals surface area contributed by atoms with Crippen LogP contribution in [0.2, 0.25) is 0 Å². The summed E-state index contributed by atoms with van der Waals surface area (Å²) in [6, 6.07) is 5.12. The lowest BCUT2D eigenvalue weighted by atomic mass is 10.1. The standard InChI is InChI=1S/C12H21NOS2/c1-3-11(12-5-4-8-16-12)13-10(6-7-14)9-15-2/h4-5,8,10-11,13-14H,3,6-7,9H2,1-2H3. The summed E-state index contributed by atoms with van der Waals surface area (Å²) in [6.07, 6.45) is 4.04. The highest BCUT2D eigenvalue weighted by molar-refractivity contribution is 7.98. The van der Waals surface area contributed by atoms with Gasteiger partial charge in [0.25, 0.3) is 0 Å². The van der Waals surface area contributed by atoms with Crippen LogP contribution in [-0.4, -0.2) is 29.8 Å². The summed E-state index contributed by atoms with van der Waals surface area (Å²) in [7, 11) is 0. The monoisotopic (exact) mass is 259 g/mol. The number of aliphatic hydroxyl groups is 1. The van der Waals surface area contributed by atoms with Crippen LogP contribution in [0.5, 0.6) is 0 Å². The molecule has 1 heterocycles. The number of hydrogen-bond donors (Lipinski definition) is 2. The molecule has 1 aromatic rings. The molecule has 92 valence electrons. The number of aliphatic hydroxyl groups excluding tert-OH is 1. The van der Waals surface area contributed by atoms with E-state index in [1.165, 1.54) is 4.88 Å². The summed E-state index contributed by atoms with van der Waals surface area (Å²) in [5.41, 5.74) is 0. The molecule has 0 radical (unpaired) electrons. The third kappa shape index (κ3) is 4.45. The van der Waals surface area contributed by atoms with E-state index in [1.54, 1.807) is 11.3 Å². The average molecular weight is 259 g/mol. The molecule has 0 amide bonds. The van der Waals surface area contributed by atoms with Crippen molar-refractivity contribution in [3.05, 3.63) is 22.4 Å². The first-order valence-electron chi connectivity index (χ1n) is 5.71. The van der Waals surface area contributed by atoms with Crippen LogP contribution in [0.25, 0.3) is 0 Å². The SMILES string of the molecule is CCC(NC(CCO)CSC)c1cccs1. The molecule has 2 unspecified atom stereocenters. The van der Waals surface area contributed by atoms with E-state index in [-0.39, 0.29) is 6.61 Å². The molecule has 1 rings (SSSR count). The van der Waals surface area contributed by atoms with Gasteiger partial charge in [0, 0.05) is 29.3 Å². The topological polar surface area (TPSA) is 32.3 Å². The predicted octanol–water partition coefficient (Wildman–Crippen LogP) is 2.90. The third-order valence-corrected chi connectivity index (χ3v) is 4.30. The lowest BCUT2D eigenvalue weighted by Gasteiger charge is -2.23. The predicted molar refractivity (Wildman–Crippen MR) is 74.4 cm³/mol. The van der Waals surface area contributed by atoms with Crippen molar-refractivity contribution in [1.29, 1.82) is 0 Å². The van der Waals surface area contributed by atoms with Gasteiger partial charge in [-0.3, -0.25) is 0 Å². The van der Waals surface area contributed by atoms with Crippen molar-refractivity contribution in [3.8, 4) is 0 Å². The van der Waals surface area contributed by atoms with Crippen molar-refractivity contribution in [2.45, 2.75) is 31.8 Å². The second-order valence-electron chi connectivity index (χ2n) is 3.81. The van der Waals surface area contributed by atoms with Crippen LogP contribution in [0.1, 0.15) is 30.7 Å². The average Bonchev–Trinajstić information content (AvgIpc) is 2.79. The lowest BCUT2D eigenvalue weighted by molar-refractivity contribution is 0.264. The molecule has 0 fully saturated rings. The van der Waals surface area contributed by atoms with Gasteiger partial charge in [0.2, 0.25) is 0 Å². The van der Waals surface area contributed by atoms with Gasteiger partial charge in [-0.1, -0.05) is 13.0 Å². The minimum absolute atomic E-state index is 0.263. The Hall–Kier alpha value is -0.0300. The van der Waals surface area contributed by atoms with E-state index in [2.05, 4.69) is 36.0 Å². The Morgan fingerprint density at radius 1 is 1.56 bits per heavy atom. The second kappa shape index (κ2) is 8.12. The Bertz CT molecular complexity index is 258. The highest BCUT2D eigenvalue weighted by Gasteiger charge is 2.15. The quantitative estimate of drug-likeness (QED) is 0.753. The van der Waals surface area contributed by atoms with Crippen molar-refractivity contribution < 1.29 is 5.11 Å². The zero-order valence-corrected chi connectivity index (χ0v) is 11.6. The van der Waals surface area contributed by atoms with Gasteiger partial charge < -0.3 is 10.4 Å². The summed E-state index contributed by atoms with van der Waals surface area (Å²) in [5, 5.41) is 14.8. The normalized spacial score (nSPS) is 14.9. The lowest BCUT2D eigenvalue weighted by Crippen LogP contribution is -2.35. The van der Waals surface area contributed by atoms with Crippen LogP contribution >= 0.6 is 23.1 Å². The van der Waals surface area contributed by atoms with Crippen molar-refractivity contribution in [1.82, 2.24) is 5.32 Å². The molecule has 0 saturated carbocycles. The summed E-state index contributed by atoms with van der Waals surface area (Å²) in [5.74, 6) is 1.06. The fourth-order valence-corrected chi connectivity index (χ4v) is 3.28. The zero-order valence-electron chi connectivity index (χ0n) is 9.98. The fraction of sp³-hybridized carbons (Fsp3) is 0.667. The summed E-state index contributed by atoms with van der Waals surface area (Å²) in [6.45, 7) is 2.46. The second-order valence-corrected chi connectivity index (χ2v) is 5.70. The molecule has 16 heavy (non-hydrogen) atoms. The van der Waals surface area contributed by atoms with E-state index in [9.17, 15) is 0 Å². The number of thioether (sulfide) groups is 1. The summed E-state index contributed by atoms with van der Waals surface area (Å²) in [4.78, 5) is 1.39. The van der Waals surface area contributed by atoms with E-state index >= 15 is 0 Å². The minimum atomic E-state index is 0.263. The van der Waals surface area contributed by atoms with Crippen molar-refractivity contribution in [2.24, 2.45) is 0 Å². The smallest absolute Gasteiger partial charge is 0.0446 e. The third-order valence-electron chi connectivity index (χ3n) is 2.58. The van der Waals surface area contributed by atoms with Crippen molar-refractivity contribution >= 4 is 23.1 Å². The molecule has 0 aliphatic carbocycles. The van der Waals surface area contributed by atoms with Gasteiger partial charge in [-0.25, -0.2) is 0 Å². The molecule has 0 aliphatic rings. The number of nitrogens with one attached hydrogen (secondary N) is 1. The Morgan fingerprint density at radius 2 is 2.38 bits per heavy atom. The molecule has 0 spiro atoms. The van der Waals surface area contributed by atoms with Crippen LogP contribution < -0.4 is 5.32 Å². The Morgan fingerprint density at radius 3 is 2.88 bits per heavy atom. The van der Waals surface area contributed by atoms with Gasteiger partial charge >= 0.3 is 0 Å². The van der Waals surface area contributed by atoms with E-state index in [1.807, 2.05) is 11.8 Å². The largest absolute Gasteiger partial charge is 0.396 e. The molecule has 1 aromatic heterocycles. The molecule has 2 nitrogen and oxygen atoms in total. The van der Waals surface area contributed by atoms with E-state index in [4.69, 9.17) is 5.11 Å². The maximum absolute atomic E-state index is 9.03. The maximum Gasteiger partial charge on any atom is 0.0446 e. The Labute approximate surface area is 106 Å². The van der Waals surface area contributed by atoms with E-state index in [0.717, 1.165) is 18.6 Å². The maximum atomic E-state index is 9.03. The highest BCUT2D eigenvalue weighted by Crippen LogP contribution is 2.23. The zero-order chi connectivity index (χ0) is 11.8. The highest BCUT2D eigenvalue weighted by atomic mass is 32.2. The van der Waals surface area contributed by atoms with Crippen LogP contribution in [0, 0.1) is 0 Å². The summed E-state index contributed by atoms with van der Waals surface area (Å²) < 4.78 is 0. The van der Waals surface area contributed by atoms with E-state index in [0.29, 0.717) is 12.1 Å². The van der Waals surface area contributed by atoms with Crippen LogP contribution in [-0.2, 0) is 0 Å². The molecule has 0 aromatic carbocycles. The molecule has 4 heteroatoms. The van der Waals surface area contributed by atoms with E-state index < -0.39 is 0 Å². The number of hydrogen-bond acceptors (Lipinski definition) is 4. The van der Waals surface area contributed by atoms with Gasteiger partial charge in [0.1, 0.15) is 0 Å². The molecule has 2 atom stereocenters. The van der Waals surface area contributed by atoms with Gasteiger partial charge in [0.05, 0.1) is 0 Å². The van der Waals surface area contributed by atoms with Crippen molar-refractivity contribution in [3.63, 3.8) is 0 Å². The molecule has 0 saturated heterocycles.